The van der Waals surface area contributed by atoms with Gasteiger partial charge in [-0.2, -0.15) is 5.26 Å². The van der Waals surface area contributed by atoms with Gasteiger partial charge in [-0.3, -0.25) is 14.4 Å². The number of carbonyl (C=O) groups excluding carboxylic acids is 3. The van der Waals surface area contributed by atoms with Crippen LogP contribution in [0, 0.1) is 11.3 Å². The zero-order valence-corrected chi connectivity index (χ0v) is 16.1. The minimum absolute atomic E-state index is 0.0210. The molecule has 29 heavy (non-hydrogen) atoms. The first-order chi connectivity index (χ1) is 14.0. The molecule has 1 amide bonds. The van der Waals surface area contributed by atoms with Crippen molar-refractivity contribution < 1.29 is 23.9 Å². The number of nitrogens with zero attached hydrogens (tertiary/aromatic N) is 1. The molecule has 0 aliphatic heterocycles. The number of para-hydroxylation sites is 1. The average Bonchev–Trinajstić information content (AvgIpc) is 2.75. The van der Waals surface area contributed by atoms with Gasteiger partial charge in [0.1, 0.15) is 11.8 Å². The summed E-state index contributed by atoms with van der Waals surface area (Å²) in [6.45, 7) is 2.12. The summed E-state index contributed by atoms with van der Waals surface area (Å²) >= 11 is 0. The van der Waals surface area contributed by atoms with Gasteiger partial charge < -0.3 is 14.8 Å². The summed E-state index contributed by atoms with van der Waals surface area (Å²) in [7, 11) is 0. The number of anilines is 1. The quantitative estimate of drug-likeness (QED) is 0.488. The van der Waals surface area contributed by atoms with Crippen LogP contribution in [0.1, 0.15) is 42.1 Å². The third kappa shape index (κ3) is 7.11. The van der Waals surface area contributed by atoms with Gasteiger partial charge in [-0.05, 0) is 42.8 Å². The third-order valence-corrected chi connectivity index (χ3v) is 3.89. The van der Waals surface area contributed by atoms with Crippen LogP contribution in [0.4, 0.5) is 5.69 Å². The van der Waals surface area contributed by atoms with Crippen molar-refractivity contribution in [2.45, 2.75) is 26.2 Å². The Kier molecular flexibility index (Phi) is 8.39. The maximum Gasteiger partial charge on any atom is 0.306 e. The van der Waals surface area contributed by atoms with Crippen LogP contribution in [0.5, 0.6) is 5.75 Å². The predicted molar refractivity (Wildman–Crippen MR) is 107 cm³/mol. The van der Waals surface area contributed by atoms with Gasteiger partial charge in [0.25, 0.3) is 5.91 Å². The van der Waals surface area contributed by atoms with E-state index in [2.05, 4.69) is 5.32 Å². The SMILES string of the molecule is CCCOc1ccc(C(=O)CCC(=O)OCC(=O)Nc2ccccc2C#N)cc1. The third-order valence-electron chi connectivity index (χ3n) is 3.89. The summed E-state index contributed by atoms with van der Waals surface area (Å²) in [5, 5.41) is 11.5. The van der Waals surface area contributed by atoms with Crippen LogP contribution < -0.4 is 10.1 Å². The molecule has 2 rings (SSSR count). The zero-order valence-electron chi connectivity index (χ0n) is 16.1. The van der Waals surface area contributed by atoms with Crippen LogP contribution in [0.15, 0.2) is 48.5 Å². The number of nitriles is 1. The standard InChI is InChI=1S/C22H22N2O5/c1-2-13-28-18-9-7-16(8-10-18)20(25)11-12-22(27)29-15-21(26)24-19-6-4-3-5-17(19)14-23/h3-10H,2,11-13,15H2,1H3,(H,24,26). The largest absolute Gasteiger partial charge is 0.494 e. The van der Waals surface area contributed by atoms with E-state index in [1.54, 1.807) is 48.5 Å². The normalized spacial score (nSPS) is 9.93. The Hall–Kier alpha value is -3.66. The van der Waals surface area contributed by atoms with E-state index in [1.807, 2.05) is 13.0 Å². The number of carbonyl (C=O) groups is 3. The number of hydrogen-bond acceptors (Lipinski definition) is 6. The van der Waals surface area contributed by atoms with E-state index < -0.39 is 18.5 Å². The summed E-state index contributed by atoms with van der Waals surface area (Å²) < 4.78 is 10.4. The minimum Gasteiger partial charge on any atom is -0.494 e. The lowest BCUT2D eigenvalue weighted by Crippen LogP contribution is -2.21. The lowest BCUT2D eigenvalue weighted by atomic mass is 10.1. The topological polar surface area (TPSA) is 105 Å². The molecule has 7 heteroatoms. The monoisotopic (exact) mass is 394 g/mol. The molecule has 0 saturated carbocycles. The number of amides is 1. The molecule has 7 nitrogen and oxygen atoms in total. The van der Waals surface area contributed by atoms with Crippen LogP contribution in [0.3, 0.4) is 0 Å². The van der Waals surface area contributed by atoms with Crippen molar-refractivity contribution in [3.05, 3.63) is 59.7 Å². The summed E-state index contributed by atoms with van der Waals surface area (Å²) in [4.78, 5) is 35.8. The van der Waals surface area contributed by atoms with E-state index >= 15 is 0 Å². The Morgan fingerprint density at radius 3 is 2.45 bits per heavy atom. The molecule has 0 radical (unpaired) electrons. The molecule has 150 valence electrons. The Labute approximate surface area is 169 Å². The molecule has 2 aromatic carbocycles. The molecule has 0 aliphatic carbocycles. The molecule has 2 aromatic rings. The van der Waals surface area contributed by atoms with Crippen LogP contribution in [0.2, 0.25) is 0 Å². The molecule has 1 N–H and O–H groups in total. The highest BCUT2D eigenvalue weighted by Crippen LogP contribution is 2.15. The van der Waals surface area contributed by atoms with Crippen molar-refractivity contribution in [2.24, 2.45) is 0 Å². The molecule has 0 aromatic heterocycles. The van der Waals surface area contributed by atoms with E-state index in [0.717, 1.165) is 6.42 Å². The fourth-order valence-electron chi connectivity index (χ4n) is 2.41. The number of Topliss-reactive ketones (excluding diaryl/α,β-unsaturated/α-hetero) is 1. The number of ketones is 1. The predicted octanol–water partition coefficient (Wildman–Crippen LogP) is 3.49. The first-order valence-electron chi connectivity index (χ1n) is 9.24. The van der Waals surface area contributed by atoms with Crippen molar-refractivity contribution in [1.82, 2.24) is 0 Å². The molecule has 0 aliphatic rings. The molecule has 0 atom stereocenters. The fourth-order valence-corrected chi connectivity index (χ4v) is 2.41. The maximum absolute atomic E-state index is 12.2. The molecular weight excluding hydrogens is 372 g/mol. The Balaban J connectivity index is 1.74. The molecule has 0 heterocycles. The van der Waals surface area contributed by atoms with Gasteiger partial charge in [-0.15, -0.1) is 0 Å². The second kappa shape index (κ2) is 11.2. The van der Waals surface area contributed by atoms with Crippen LogP contribution in [-0.4, -0.2) is 30.9 Å². The molecule has 0 unspecified atom stereocenters. The number of rotatable bonds is 10. The van der Waals surface area contributed by atoms with Gasteiger partial charge in [0.05, 0.1) is 24.3 Å². The molecule has 0 saturated heterocycles. The maximum atomic E-state index is 12.2. The van der Waals surface area contributed by atoms with Gasteiger partial charge in [0, 0.05) is 12.0 Å². The summed E-state index contributed by atoms with van der Waals surface area (Å²) in [5.74, 6) is -0.719. The zero-order chi connectivity index (χ0) is 21.1. The second-order valence-corrected chi connectivity index (χ2v) is 6.16. The lowest BCUT2D eigenvalue weighted by Gasteiger charge is -2.08. The van der Waals surface area contributed by atoms with E-state index in [1.165, 1.54) is 0 Å². The van der Waals surface area contributed by atoms with Gasteiger partial charge in [-0.25, -0.2) is 0 Å². The van der Waals surface area contributed by atoms with E-state index in [9.17, 15) is 14.4 Å². The number of benzene rings is 2. The highest BCUT2D eigenvalue weighted by molar-refractivity contribution is 5.98. The number of hydrogen-bond donors (Lipinski definition) is 1. The minimum atomic E-state index is -0.648. The summed E-state index contributed by atoms with van der Waals surface area (Å²) in [5.41, 5.74) is 1.13. The Bertz CT molecular complexity index is 900. The van der Waals surface area contributed by atoms with Crippen molar-refractivity contribution in [3.8, 4) is 11.8 Å². The average molecular weight is 394 g/mol. The first-order valence-corrected chi connectivity index (χ1v) is 9.24. The number of ether oxygens (including phenoxy) is 2. The second-order valence-electron chi connectivity index (χ2n) is 6.16. The van der Waals surface area contributed by atoms with Crippen molar-refractivity contribution >= 4 is 23.3 Å². The van der Waals surface area contributed by atoms with Crippen molar-refractivity contribution in [2.75, 3.05) is 18.5 Å². The molecule has 0 fully saturated rings. The van der Waals surface area contributed by atoms with Gasteiger partial charge in [-0.1, -0.05) is 19.1 Å². The van der Waals surface area contributed by atoms with E-state index in [4.69, 9.17) is 14.7 Å². The first kappa shape index (κ1) is 21.6. The van der Waals surface area contributed by atoms with Gasteiger partial charge in [0.2, 0.25) is 0 Å². The van der Waals surface area contributed by atoms with Crippen LogP contribution >= 0.6 is 0 Å². The van der Waals surface area contributed by atoms with Crippen molar-refractivity contribution in [3.63, 3.8) is 0 Å². The highest BCUT2D eigenvalue weighted by Gasteiger charge is 2.13. The van der Waals surface area contributed by atoms with E-state index in [-0.39, 0.29) is 18.6 Å². The summed E-state index contributed by atoms with van der Waals surface area (Å²) in [6.07, 6.45) is 0.744. The van der Waals surface area contributed by atoms with Crippen LogP contribution in [0.25, 0.3) is 0 Å². The molecule has 0 spiro atoms. The van der Waals surface area contributed by atoms with Gasteiger partial charge >= 0.3 is 5.97 Å². The smallest absolute Gasteiger partial charge is 0.306 e. The van der Waals surface area contributed by atoms with Gasteiger partial charge in [0.15, 0.2) is 12.4 Å². The lowest BCUT2D eigenvalue weighted by molar-refractivity contribution is -0.147. The Morgan fingerprint density at radius 2 is 1.76 bits per heavy atom. The van der Waals surface area contributed by atoms with Crippen molar-refractivity contribution in [1.29, 1.82) is 5.26 Å². The Morgan fingerprint density at radius 1 is 1.03 bits per heavy atom. The number of nitrogens with one attached hydrogen (secondary N) is 1. The van der Waals surface area contributed by atoms with E-state index in [0.29, 0.717) is 29.2 Å². The fraction of sp³-hybridized carbons (Fsp3) is 0.273. The number of esters is 1. The van der Waals surface area contributed by atoms with Crippen LogP contribution in [-0.2, 0) is 14.3 Å². The highest BCUT2D eigenvalue weighted by atomic mass is 16.5. The molecular formula is C22H22N2O5. The summed E-state index contributed by atoms with van der Waals surface area (Å²) in [6, 6.07) is 15.2. The molecule has 0 bridgehead atoms.